The Morgan fingerprint density at radius 1 is 0.769 bits per heavy atom. The molecule has 1 heterocycles. The third-order valence-electron chi connectivity index (χ3n) is 3.78. The van der Waals surface area contributed by atoms with Gasteiger partial charge in [-0.1, -0.05) is 12.8 Å². The van der Waals surface area contributed by atoms with Crippen molar-refractivity contribution < 1.29 is 29.3 Å². The summed E-state index contributed by atoms with van der Waals surface area (Å²) in [6, 6.07) is 2.95. The van der Waals surface area contributed by atoms with Crippen LogP contribution < -0.4 is 0 Å². The first-order valence-corrected chi connectivity index (χ1v) is 9.21. The maximum Gasteiger partial charge on any atom is 0.356 e. The number of pyridine rings is 1. The molecule has 0 unspecified atom stereocenters. The van der Waals surface area contributed by atoms with Crippen LogP contribution in [0, 0.1) is 0 Å². The first-order valence-electron chi connectivity index (χ1n) is 9.21. The van der Waals surface area contributed by atoms with Gasteiger partial charge in [-0.3, -0.25) is 0 Å². The number of carbonyl (C=O) groups is 2. The Hall–Kier alpha value is -1.99. The molecule has 0 amide bonds. The Morgan fingerprint density at radius 2 is 1.31 bits per heavy atom. The molecule has 146 valence electrons. The lowest BCUT2D eigenvalue weighted by atomic mass is 10.2. The van der Waals surface area contributed by atoms with Gasteiger partial charge in [0.15, 0.2) is 0 Å². The van der Waals surface area contributed by atoms with Gasteiger partial charge in [0.1, 0.15) is 5.69 Å². The van der Waals surface area contributed by atoms with Crippen LogP contribution in [-0.2, 0) is 9.47 Å². The highest BCUT2D eigenvalue weighted by Crippen LogP contribution is 2.07. The summed E-state index contributed by atoms with van der Waals surface area (Å²) in [5, 5.41) is 17.4. The minimum atomic E-state index is -0.518. The molecule has 0 saturated carbocycles. The van der Waals surface area contributed by atoms with Crippen molar-refractivity contribution in [3.8, 4) is 0 Å². The van der Waals surface area contributed by atoms with Crippen molar-refractivity contribution in [2.45, 2.75) is 51.4 Å². The van der Waals surface area contributed by atoms with E-state index < -0.39 is 11.9 Å². The van der Waals surface area contributed by atoms with Gasteiger partial charge in [-0.15, -0.1) is 0 Å². The Labute approximate surface area is 154 Å². The maximum absolute atomic E-state index is 11.9. The third-order valence-corrected chi connectivity index (χ3v) is 3.78. The van der Waals surface area contributed by atoms with Crippen LogP contribution in [0.2, 0.25) is 0 Å². The second kappa shape index (κ2) is 14.2. The van der Waals surface area contributed by atoms with E-state index in [1.54, 1.807) is 0 Å². The molecule has 0 saturated heterocycles. The molecule has 2 N–H and O–H groups in total. The normalized spacial score (nSPS) is 10.5. The smallest absolute Gasteiger partial charge is 0.356 e. The molecule has 1 aromatic heterocycles. The second-order valence-corrected chi connectivity index (χ2v) is 5.98. The molecule has 1 rings (SSSR count). The Kier molecular flexibility index (Phi) is 12.1. The predicted octanol–water partition coefficient (Wildman–Crippen LogP) is 2.50. The fraction of sp³-hybridized carbons (Fsp3) is 0.632. The number of hydrogen-bond acceptors (Lipinski definition) is 7. The van der Waals surface area contributed by atoms with Crippen LogP contribution in [0.5, 0.6) is 0 Å². The summed E-state index contributed by atoms with van der Waals surface area (Å²) in [6.07, 6.45) is 7.94. The highest BCUT2D eigenvalue weighted by Gasteiger charge is 2.12. The molecule has 0 aliphatic rings. The molecule has 0 fully saturated rings. The average Bonchev–Trinajstić information content (AvgIpc) is 2.67. The molecule has 7 heteroatoms. The number of rotatable bonds is 14. The zero-order valence-corrected chi connectivity index (χ0v) is 15.2. The number of carbonyl (C=O) groups excluding carboxylic acids is 2. The summed E-state index contributed by atoms with van der Waals surface area (Å²) in [6.45, 7) is 1.00. The molecule has 0 bridgehead atoms. The first kappa shape index (κ1) is 22.1. The van der Waals surface area contributed by atoms with Gasteiger partial charge in [0.2, 0.25) is 0 Å². The molecular weight excluding hydrogens is 338 g/mol. The molecule has 0 aliphatic heterocycles. The van der Waals surface area contributed by atoms with Gasteiger partial charge < -0.3 is 19.7 Å². The number of aromatic nitrogens is 1. The van der Waals surface area contributed by atoms with Crippen molar-refractivity contribution in [3.05, 3.63) is 29.6 Å². The highest BCUT2D eigenvalue weighted by molar-refractivity contribution is 5.91. The second-order valence-electron chi connectivity index (χ2n) is 5.98. The molecular formula is C19H29NO6. The van der Waals surface area contributed by atoms with Crippen molar-refractivity contribution in [1.82, 2.24) is 4.98 Å². The molecule has 0 spiro atoms. The number of esters is 2. The fourth-order valence-corrected chi connectivity index (χ4v) is 2.26. The van der Waals surface area contributed by atoms with Crippen LogP contribution in [0.3, 0.4) is 0 Å². The van der Waals surface area contributed by atoms with Crippen molar-refractivity contribution in [2.75, 3.05) is 26.4 Å². The minimum Gasteiger partial charge on any atom is -0.462 e. The summed E-state index contributed by atoms with van der Waals surface area (Å²) < 4.78 is 10.3. The van der Waals surface area contributed by atoms with E-state index in [1.807, 2.05) is 0 Å². The predicted molar refractivity (Wildman–Crippen MR) is 95.9 cm³/mol. The van der Waals surface area contributed by atoms with E-state index >= 15 is 0 Å². The van der Waals surface area contributed by atoms with Gasteiger partial charge in [-0.05, 0) is 50.7 Å². The standard InChI is InChI=1S/C19H29NO6/c21-11-5-1-3-7-13-25-18(23)16-9-10-17(20-15-16)19(24)26-14-8-4-2-6-12-22/h9-10,15,21-22H,1-8,11-14H2. The monoisotopic (exact) mass is 367 g/mol. The van der Waals surface area contributed by atoms with Crippen molar-refractivity contribution >= 4 is 11.9 Å². The number of unbranched alkanes of at least 4 members (excludes halogenated alkanes) is 6. The SMILES string of the molecule is O=C(OCCCCCCO)c1ccc(C(=O)OCCCCCCO)nc1. The lowest BCUT2D eigenvalue weighted by Gasteiger charge is -2.06. The van der Waals surface area contributed by atoms with Crippen LogP contribution in [0.1, 0.15) is 72.2 Å². The summed E-state index contributed by atoms with van der Waals surface area (Å²) in [4.78, 5) is 27.7. The number of aliphatic hydroxyl groups is 2. The van der Waals surface area contributed by atoms with Crippen LogP contribution >= 0.6 is 0 Å². The van der Waals surface area contributed by atoms with E-state index in [1.165, 1.54) is 18.3 Å². The van der Waals surface area contributed by atoms with Gasteiger partial charge in [-0.2, -0.15) is 0 Å². The van der Waals surface area contributed by atoms with E-state index in [0.29, 0.717) is 18.8 Å². The van der Waals surface area contributed by atoms with E-state index in [9.17, 15) is 9.59 Å². The third kappa shape index (κ3) is 9.48. The minimum absolute atomic E-state index is 0.154. The molecule has 0 aromatic carbocycles. The number of hydrogen-bond donors (Lipinski definition) is 2. The molecule has 0 radical (unpaired) electrons. The van der Waals surface area contributed by atoms with Crippen molar-refractivity contribution in [2.24, 2.45) is 0 Å². The molecule has 0 atom stereocenters. The largest absolute Gasteiger partial charge is 0.462 e. The van der Waals surface area contributed by atoms with E-state index in [2.05, 4.69) is 4.98 Å². The number of ether oxygens (including phenoxy) is 2. The van der Waals surface area contributed by atoms with Crippen molar-refractivity contribution in [3.63, 3.8) is 0 Å². The maximum atomic E-state index is 11.9. The van der Waals surface area contributed by atoms with Crippen molar-refractivity contribution in [1.29, 1.82) is 0 Å². The van der Waals surface area contributed by atoms with Crippen LogP contribution in [0.15, 0.2) is 18.3 Å². The quantitative estimate of drug-likeness (QED) is 0.384. The zero-order chi connectivity index (χ0) is 19.0. The van der Waals surface area contributed by atoms with Gasteiger partial charge in [0.05, 0.1) is 18.8 Å². The number of nitrogens with zero attached hydrogens (tertiary/aromatic N) is 1. The summed E-state index contributed by atoms with van der Waals surface area (Å²) in [5.74, 6) is -0.987. The van der Waals surface area contributed by atoms with Crippen LogP contribution in [0.4, 0.5) is 0 Å². The lowest BCUT2D eigenvalue weighted by Crippen LogP contribution is -2.11. The Morgan fingerprint density at radius 3 is 1.81 bits per heavy atom. The van der Waals surface area contributed by atoms with Crippen LogP contribution in [0.25, 0.3) is 0 Å². The van der Waals surface area contributed by atoms with E-state index in [0.717, 1.165) is 51.4 Å². The molecule has 1 aromatic rings. The summed E-state index contributed by atoms with van der Waals surface area (Å²) in [7, 11) is 0. The average molecular weight is 367 g/mol. The first-order chi connectivity index (χ1) is 12.7. The van der Waals surface area contributed by atoms with Crippen LogP contribution in [-0.4, -0.2) is 53.6 Å². The molecule has 7 nitrogen and oxygen atoms in total. The van der Waals surface area contributed by atoms with Gasteiger partial charge in [-0.25, -0.2) is 14.6 Å². The lowest BCUT2D eigenvalue weighted by molar-refractivity contribution is 0.0477. The Bertz CT molecular complexity index is 470. The van der Waals surface area contributed by atoms with Gasteiger partial charge in [0, 0.05) is 19.4 Å². The summed E-state index contributed by atoms with van der Waals surface area (Å²) in [5.41, 5.74) is 0.446. The zero-order valence-electron chi connectivity index (χ0n) is 15.2. The van der Waals surface area contributed by atoms with E-state index in [-0.39, 0.29) is 18.9 Å². The fourth-order valence-electron chi connectivity index (χ4n) is 2.26. The molecule has 0 aliphatic carbocycles. The number of aliphatic hydroxyl groups excluding tert-OH is 2. The topological polar surface area (TPSA) is 106 Å². The van der Waals surface area contributed by atoms with E-state index in [4.69, 9.17) is 19.7 Å². The molecule has 26 heavy (non-hydrogen) atoms. The summed E-state index contributed by atoms with van der Waals surface area (Å²) >= 11 is 0. The highest BCUT2D eigenvalue weighted by atomic mass is 16.5. The van der Waals surface area contributed by atoms with Gasteiger partial charge in [0.25, 0.3) is 0 Å². The van der Waals surface area contributed by atoms with Gasteiger partial charge >= 0.3 is 11.9 Å². The Balaban J connectivity index is 2.26.